The van der Waals surface area contributed by atoms with Crippen LogP contribution in [0.2, 0.25) is 0 Å². The van der Waals surface area contributed by atoms with Gasteiger partial charge in [-0.25, -0.2) is 9.67 Å². The molecule has 0 aliphatic carbocycles. The predicted octanol–water partition coefficient (Wildman–Crippen LogP) is 0.487. The summed E-state index contributed by atoms with van der Waals surface area (Å²) in [7, 11) is 0. The molecule has 7 heteroatoms. The van der Waals surface area contributed by atoms with Crippen molar-refractivity contribution >= 4 is 18.4 Å². The first-order valence-electron chi connectivity index (χ1n) is 5.80. The first kappa shape index (κ1) is 15.7. The molecule has 0 aliphatic heterocycles. The molecule has 1 aromatic heterocycles. The maximum Gasteiger partial charge on any atom is 0.267 e. The number of halogens is 1. The summed E-state index contributed by atoms with van der Waals surface area (Å²) >= 11 is 0. The van der Waals surface area contributed by atoms with Crippen molar-refractivity contribution in [1.82, 2.24) is 9.78 Å². The van der Waals surface area contributed by atoms with Crippen LogP contribution in [0, 0.1) is 0 Å². The molecule has 0 atom stereocenters. The molecule has 6 nitrogen and oxygen atoms in total. The van der Waals surface area contributed by atoms with Gasteiger partial charge in [-0.2, -0.15) is 5.10 Å². The topological polar surface area (TPSA) is 99.3 Å². The molecule has 0 unspecified atom stereocenters. The first-order chi connectivity index (χ1) is 9.15. The molecule has 4 N–H and O–H groups in total. The molecule has 20 heavy (non-hydrogen) atoms. The highest BCUT2D eigenvalue weighted by atomic mass is 35.5. The Morgan fingerprint density at radius 2 is 1.90 bits per heavy atom. The lowest BCUT2D eigenvalue weighted by Gasteiger charge is -2.05. The third-order valence-electron chi connectivity index (χ3n) is 2.55. The Hall–Kier alpha value is -2.34. The maximum atomic E-state index is 11.9. The van der Waals surface area contributed by atoms with E-state index in [9.17, 15) is 4.79 Å². The molecule has 0 spiro atoms. The minimum absolute atomic E-state index is 0. The second kappa shape index (κ2) is 7.30. The van der Waals surface area contributed by atoms with Gasteiger partial charge in [0.15, 0.2) is 5.96 Å². The third-order valence-corrected chi connectivity index (χ3v) is 2.55. The normalized spacial score (nSPS) is 9.60. The summed E-state index contributed by atoms with van der Waals surface area (Å²) in [6.07, 6.45) is 1.59. The van der Waals surface area contributed by atoms with Crippen LogP contribution in [0.25, 0.3) is 0 Å². The van der Waals surface area contributed by atoms with Gasteiger partial charge in [0.25, 0.3) is 5.56 Å². The fourth-order valence-electron chi connectivity index (χ4n) is 1.62. The molecule has 0 saturated carbocycles. The molecular formula is C13H16ClN5O. The van der Waals surface area contributed by atoms with Gasteiger partial charge in [-0.1, -0.05) is 30.3 Å². The summed E-state index contributed by atoms with van der Waals surface area (Å²) in [6, 6.07) is 11.2. The zero-order valence-electron chi connectivity index (χ0n) is 10.8. The van der Waals surface area contributed by atoms with Gasteiger partial charge < -0.3 is 11.5 Å². The summed E-state index contributed by atoms with van der Waals surface area (Å²) in [5.41, 5.74) is 12.0. The minimum Gasteiger partial charge on any atom is -0.370 e. The molecule has 1 aromatic carbocycles. The van der Waals surface area contributed by atoms with Crippen molar-refractivity contribution < 1.29 is 0 Å². The summed E-state index contributed by atoms with van der Waals surface area (Å²) in [6.45, 7) is 0.707. The Morgan fingerprint density at radius 3 is 2.50 bits per heavy atom. The van der Waals surface area contributed by atoms with Gasteiger partial charge in [0.1, 0.15) is 0 Å². The van der Waals surface area contributed by atoms with Crippen LogP contribution in [0.3, 0.4) is 0 Å². The number of nitrogens with two attached hydrogens (primary N) is 2. The summed E-state index contributed by atoms with van der Waals surface area (Å²) in [4.78, 5) is 15.7. The molecule has 1 heterocycles. The SMILES string of the molecule is Cl.NC(N)=NCc1cnn(Cc2ccccc2)c(=O)c1. The minimum atomic E-state index is -0.174. The van der Waals surface area contributed by atoms with Crippen LogP contribution in [-0.2, 0) is 13.1 Å². The Balaban J connectivity index is 0.00000200. The van der Waals surface area contributed by atoms with E-state index in [-0.39, 0.29) is 30.5 Å². The first-order valence-corrected chi connectivity index (χ1v) is 5.80. The fourth-order valence-corrected chi connectivity index (χ4v) is 1.62. The number of benzene rings is 1. The van der Waals surface area contributed by atoms with E-state index in [1.165, 1.54) is 10.7 Å². The Labute approximate surface area is 122 Å². The average Bonchev–Trinajstić information content (AvgIpc) is 2.40. The van der Waals surface area contributed by atoms with Crippen molar-refractivity contribution in [2.75, 3.05) is 0 Å². The van der Waals surface area contributed by atoms with Crippen LogP contribution < -0.4 is 17.0 Å². The summed E-state index contributed by atoms with van der Waals surface area (Å²) in [5, 5.41) is 4.10. The van der Waals surface area contributed by atoms with Crippen LogP contribution in [0.1, 0.15) is 11.1 Å². The number of rotatable bonds is 4. The van der Waals surface area contributed by atoms with Crippen molar-refractivity contribution in [1.29, 1.82) is 0 Å². The number of guanidine groups is 1. The number of aromatic nitrogens is 2. The van der Waals surface area contributed by atoms with Gasteiger partial charge in [-0.15, -0.1) is 12.4 Å². The van der Waals surface area contributed by atoms with Crippen LogP contribution >= 0.6 is 12.4 Å². The van der Waals surface area contributed by atoms with Crippen molar-refractivity contribution in [3.63, 3.8) is 0 Å². The third kappa shape index (κ3) is 4.40. The second-order valence-electron chi connectivity index (χ2n) is 4.09. The van der Waals surface area contributed by atoms with Gasteiger partial charge in [-0.3, -0.25) is 4.79 Å². The molecule has 2 rings (SSSR count). The quantitative estimate of drug-likeness (QED) is 0.633. The molecular weight excluding hydrogens is 278 g/mol. The van der Waals surface area contributed by atoms with E-state index in [0.29, 0.717) is 12.1 Å². The van der Waals surface area contributed by atoms with Crippen molar-refractivity contribution in [3.8, 4) is 0 Å². The van der Waals surface area contributed by atoms with Crippen LogP contribution in [-0.4, -0.2) is 15.7 Å². The molecule has 2 aromatic rings. The zero-order valence-corrected chi connectivity index (χ0v) is 11.6. The number of hydrogen-bond acceptors (Lipinski definition) is 3. The lowest BCUT2D eigenvalue weighted by molar-refractivity contribution is 0.633. The number of nitrogens with zero attached hydrogens (tertiary/aromatic N) is 3. The second-order valence-corrected chi connectivity index (χ2v) is 4.09. The summed E-state index contributed by atoms with van der Waals surface area (Å²) in [5.74, 6) is -0.00605. The standard InChI is InChI=1S/C13H15N5O.ClH/c14-13(15)16-7-11-6-12(19)18(17-8-11)9-10-4-2-1-3-5-10;/h1-6,8H,7,9H2,(H4,14,15,16);1H. The van der Waals surface area contributed by atoms with E-state index < -0.39 is 0 Å². The Kier molecular flexibility index (Phi) is 5.74. The monoisotopic (exact) mass is 293 g/mol. The van der Waals surface area contributed by atoms with E-state index in [2.05, 4.69) is 10.1 Å². The lowest BCUT2D eigenvalue weighted by atomic mass is 10.2. The molecule has 0 aliphatic rings. The number of aliphatic imine (C=N–C) groups is 1. The van der Waals surface area contributed by atoms with E-state index in [0.717, 1.165) is 5.56 Å². The smallest absolute Gasteiger partial charge is 0.267 e. The molecule has 0 radical (unpaired) electrons. The average molecular weight is 294 g/mol. The summed E-state index contributed by atoms with van der Waals surface area (Å²) < 4.78 is 1.40. The predicted molar refractivity (Wildman–Crippen MR) is 80.8 cm³/mol. The van der Waals surface area contributed by atoms with E-state index in [4.69, 9.17) is 11.5 Å². The van der Waals surface area contributed by atoms with E-state index in [1.807, 2.05) is 30.3 Å². The van der Waals surface area contributed by atoms with Gasteiger partial charge in [-0.05, 0) is 11.1 Å². The molecule has 0 bridgehead atoms. The lowest BCUT2D eigenvalue weighted by Crippen LogP contribution is -2.24. The van der Waals surface area contributed by atoms with Crippen LogP contribution in [0.5, 0.6) is 0 Å². The fraction of sp³-hybridized carbons (Fsp3) is 0.154. The molecule has 106 valence electrons. The molecule has 0 amide bonds. The van der Waals surface area contributed by atoms with Crippen molar-refractivity contribution in [3.05, 3.63) is 64.1 Å². The van der Waals surface area contributed by atoms with Gasteiger partial charge in [0.2, 0.25) is 0 Å². The highest BCUT2D eigenvalue weighted by Gasteiger charge is 2.01. The van der Waals surface area contributed by atoms with Gasteiger partial charge in [0.05, 0.1) is 19.3 Å². The highest BCUT2D eigenvalue weighted by molar-refractivity contribution is 5.85. The van der Waals surface area contributed by atoms with Gasteiger partial charge >= 0.3 is 0 Å². The van der Waals surface area contributed by atoms with E-state index in [1.54, 1.807) is 6.20 Å². The highest BCUT2D eigenvalue weighted by Crippen LogP contribution is 2.00. The van der Waals surface area contributed by atoms with Crippen molar-refractivity contribution in [2.24, 2.45) is 16.5 Å². The van der Waals surface area contributed by atoms with E-state index >= 15 is 0 Å². The zero-order chi connectivity index (χ0) is 13.7. The Morgan fingerprint density at radius 1 is 1.20 bits per heavy atom. The van der Waals surface area contributed by atoms with Crippen molar-refractivity contribution in [2.45, 2.75) is 13.1 Å². The molecule has 0 fully saturated rings. The van der Waals surface area contributed by atoms with Crippen LogP contribution in [0.15, 0.2) is 52.4 Å². The van der Waals surface area contributed by atoms with Gasteiger partial charge in [0, 0.05) is 6.07 Å². The maximum absolute atomic E-state index is 11.9. The Bertz CT molecular complexity index is 635. The number of hydrogen-bond donors (Lipinski definition) is 2. The largest absolute Gasteiger partial charge is 0.370 e. The molecule has 0 saturated heterocycles. The van der Waals surface area contributed by atoms with Crippen LogP contribution in [0.4, 0.5) is 0 Å².